The van der Waals surface area contributed by atoms with Gasteiger partial charge in [-0.1, -0.05) is 52.6 Å². The highest BCUT2D eigenvalue weighted by Crippen LogP contribution is 2.25. The Bertz CT molecular complexity index is 973. The van der Waals surface area contributed by atoms with E-state index in [0.29, 0.717) is 22.3 Å². The van der Waals surface area contributed by atoms with E-state index in [-0.39, 0.29) is 43.8 Å². The van der Waals surface area contributed by atoms with Crippen molar-refractivity contribution in [1.29, 1.82) is 0 Å². The maximum Gasteiger partial charge on any atom is 0.321 e. The molecule has 0 aliphatic heterocycles. The molecular weight excluding hydrogens is 441 g/mol. The largest absolute Gasteiger partial charge is 0.394 e. The molecule has 0 amide bonds. The highest BCUT2D eigenvalue weighted by molar-refractivity contribution is 6.30. The third kappa shape index (κ3) is 7.04. The van der Waals surface area contributed by atoms with Crippen molar-refractivity contribution in [1.82, 2.24) is 10.1 Å². The zero-order valence-corrected chi connectivity index (χ0v) is 18.2. The molecule has 0 unspecified atom stereocenters. The van der Waals surface area contributed by atoms with Gasteiger partial charge in [0.2, 0.25) is 0 Å². The molecule has 164 valence electrons. The van der Waals surface area contributed by atoms with Crippen molar-refractivity contribution < 1.29 is 19.5 Å². The van der Waals surface area contributed by atoms with Crippen LogP contribution in [0.2, 0.25) is 10.0 Å². The van der Waals surface area contributed by atoms with E-state index < -0.39 is 6.04 Å². The average Bonchev–Trinajstić information content (AvgIpc) is 3.23. The van der Waals surface area contributed by atoms with Crippen LogP contribution in [0.1, 0.15) is 29.3 Å². The van der Waals surface area contributed by atoms with Crippen molar-refractivity contribution in [2.75, 3.05) is 18.5 Å². The van der Waals surface area contributed by atoms with E-state index in [1.165, 1.54) is 0 Å². The van der Waals surface area contributed by atoms with Gasteiger partial charge in [0, 0.05) is 28.8 Å². The second-order valence-electron chi connectivity index (χ2n) is 7.24. The first-order valence-electron chi connectivity index (χ1n) is 9.79. The molecule has 7 nitrogen and oxygen atoms in total. The zero-order valence-electron chi connectivity index (χ0n) is 16.7. The Morgan fingerprint density at radius 1 is 0.968 bits per heavy atom. The Hall–Kier alpha value is -2.45. The summed E-state index contributed by atoms with van der Waals surface area (Å²) >= 11 is 11.9. The van der Waals surface area contributed by atoms with Gasteiger partial charge < -0.3 is 20.1 Å². The number of anilines is 1. The minimum absolute atomic E-state index is 0.0317. The fourth-order valence-electron chi connectivity index (χ4n) is 3.12. The summed E-state index contributed by atoms with van der Waals surface area (Å²) < 4.78 is 5.21. The number of ketones is 1. The van der Waals surface area contributed by atoms with Crippen molar-refractivity contribution in [2.24, 2.45) is 0 Å². The second kappa shape index (κ2) is 11.2. The van der Waals surface area contributed by atoms with Crippen LogP contribution < -0.4 is 5.32 Å². The SMILES string of the molecule is O=C(Cc1ccc(Cl)cc1)C[C@@H](Cc1ccc(Cl)cc1)c1noc(NC(CO)CO)n1. The van der Waals surface area contributed by atoms with Crippen LogP contribution in [0.15, 0.2) is 53.1 Å². The predicted octanol–water partition coefficient (Wildman–Crippen LogP) is 3.67. The molecule has 0 spiro atoms. The van der Waals surface area contributed by atoms with E-state index in [0.717, 1.165) is 11.1 Å². The monoisotopic (exact) mass is 463 g/mol. The van der Waals surface area contributed by atoms with Gasteiger partial charge in [-0.05, 0) is 41.8 Å². The van der Waals surface area contributed by atoms with Gasteiger partial charge in [0.1, 0.15) is 5.78 Å². The number of carbonyl (C=O) groups is 1. The molecule has 3 aromatic rings. The van der Waals surface area contributed by atoms with Crippen molar-refractivity contribution in [3.05, 3.63) is 75.5 Å². The first-order chi connectivity index (χ1) is 15.0. The summed E-state index contributed by atoms with van der Waals surface area (Å²) in [6.45, 7) is -0.579. The Labute approximate surface area is 190 Å². The minimum atomic E-state index is -0.616. The normalized spacial score (nSPS) is 12.2. The van der Waals surface area contributed by atoms with Crippen LogP contribution >= 0.6 is 23.2 Å². The van der Waals surface area contributed by atoms with Crippen molar-refractivity contribution in [3.8, 4) is 0 Å². The molecule has 3 rings (SSSR count). The fourth-order valence-corrected chi connectivity index (χ4v) is 3.37. The third-order valence-electron chi connectivity index (χ3n) is 4.76. The lowest BCUT2D eigenvalue weighted by molar-refractivity contribution is -0.118. The number of aliphatic hydroxyl groups is 2. The van der Waals surface area contributed by atoms with Crippen molar-refractivity contribution in [2.45, 2.75) is 31.2 Å². The summed E-state index contributed by atoms with van der Waals surface area (Å²) in [5.74, 6) is 0.0858. The zero-order chi connectivity index (χ0) is 22.2. The van der Waals surface area contributed by atoms with E-state index in [9.17, 15) is 15.0 Å². The standard InChI is InChI=1S/C22H23Cl2N3O4/c23-17-5-1-14(2-6-17)9-16(11-20(30)10-15-3-7-18(24)8-4-15)21-26-22(31-27-21)25-19(12-28)13-29/h1-8,16,19,28-29H,9-13H2,(H,25,26,27)/t16-/m1/s1. The molecule has 1 aromatic heterocycles. The van der Waals surface area contributed by atoms with E-state index in [1.807, 2.05) is 24.3 Å². The van der Waals surface area contributed by atoms with Gasteiger partial charge in [-0.3, -0.25) is 4.79 Å². The summed E-state index contributed by atoms with van der Waals surface area (Å²) in [6, 6.07) is 14.0. The highest BCUT2D eigenvalue weighted by atomic mass is 35.5. The summed E-state index contributed by atoms with van der Waals surface area (Å²) in [5.41, 5.74) is 1.86. The van der Waals surface area contributed by atoms with Crippen LogP contribution in [-0.4, -0.2) is 45.4 Å². The van der Waals surface area contributed by atoms with E-state index in [1.54, 1.807) is 24.3 Å². The Kier molecular flexibility index (Phi) is 8.43. The van der Waals surface area contributed by atoms with Crippen LogP contribution in [0.3, 0.4) is 0 Å². The molecule has 0 aliphatic rings. The third-order valence-corrected chi connectivity index (χ3v) is 5.26. The number of nitrogens with zero attached hydrogens (tertiary/aromatic N) is 2. The maximum absolute atomic E-state index is 12.8. The Morgan fingerprint density at radius 2 is 1.55 bits per heavy atom. The Morgan fingerprint density at radius 3 is 2.13 bits per heavy atom. The molecule has 0 bridgehead atoms. The molecule has 1 heterocycles. The molecule has 31 heavy (non-hydrogen) atoms. The van der Waals surface area contributed by atoms with Gasteiger partial charge in [-0.2, -0.15) is 4.98 Å². The fraction of sp³-hybridized carbons (Fsp3) is 0.318. The topological polar surface area (TPSA) is 108 Å². The van der Waals surface area contributed by atoms with Crippen LogP contribution in [0.4, 0.5) is 6.01 Å². The van der Waals surface area contributed by atoms with E-state index >= 15 is 0 Å². The molecule has 9 heteroatoms. The molecule has 1 atom stereocenters. The van der Waals surface area contributed by atoms with E-state index in [2.05, 4.69) is 15.5 Å². The molecule has 0 saturated carbocycles. The molecule has 0 fully saturated rings. The number of carbonyl (C=O) groups excluding carboxylic acids is 1. The summed E-state index contributed by atoms with van der Waals surface area (Å²) in [5, 5.41) is 26.5. The average molecular weight is 464 g/mol. The van der Waals surface area contributed by atoms with E-state index in [4.69, 9.17) is 27.7 Å². The van der Waals surface area contributed by atoms with Gasteiger partial charge >= 0.3 is 6.01 Å². The Balaban J connectivity index is 1.75. The highest BCUT2D eigenvalue weighted by Gasteiger charge is 2.23. The quantitative estimate of drug-likeness (QED) is 0.397. The van der Waals surface area contributed by atoms with Gasteiger partial charge in [0.05, 0.1) is 19.3 Å². The van der Waals surface area contributed by atoms with Gasteiger partial charge in [0.25, 0.3) is 0 Å². The molecule has 0 aliphatic carbocycles. The number of nitrogens with one attached hydrogen (secondary N) is 1. The first kappa shape index (κ1) is 23.2. The number of halogens is 2. The van der Waals surface area contributed by atoms with Crippen LogP contribution in [0.5, 0.6) is 0 Å². The number of rotatable bonds is 11. The molecule has 2 aromatic carbocycles. The van der Waals surface area contributed by atoms with Gasteiger partial charge in [-0.15, -0.1) is 0 Å². The number of Topliss-reactive ketones (excluding diaryl/α,β-unsaturated/α-hetero) is 1. The molecule has 3 N–H and O–H groups in total. The second-order valence-corrected chi connectivity index (χ2v) is 8.11. The number of hydrogen-bond donors (Lipinski definition) is 3. The van der Waals surface area contributed by atoms with Crippen molar-refractivity contribution in [3.63, 3.8) is 0 Å². The summed E-state index contributed by atoms with van der Waals surface area (Å²) in [6.07, 6.45) is 1.01. The number of aliphatic hydroxyl groups excluding tert-OH is 2. The predicted molar refractivity (Wildman–Crippen MR) is 119 cm³/mol. The lowest BCUT2D eigenvalue weighted by Gasteiger charge is -2.13. The molecular formula is C22H23Cl2N3O4. The first-order valence-corrected chi connectivity index (χ1v) is 10.5. The number of hydrogen-bond acceptors (Lipinski definition) is 7. The van der Waals surface area contributed by atoms with Crippen LogP contribution in [0, 0.1) is 0 Å². The van der Waals surface area contributed by atoms with Gasteiger partial charge in [-0.25, -0.2) is 0 Å². The van der Waals surface area contributed by atoms with Gasteiger partial charge in [0.15, 0.2) is 5.82 Å². The van der Waals surface area contributed by atoms with Crippen LogP contribution in [0.25, 0.3) is 0 Å². The maximum atomic E-state index is 12.8. The summed E-state index contributed by atoms with van der Waals surface area (Å²) in [4.78, 5) is 17.1. The lowest BCUT2D eigenvalue weighted by Crippen LogP contribution is -2.27. The van der Waals surface area contributed by atoms with Crippen LogP contribution in [-0.2, 0) is 17.6 Å². The number of benzene rings is 2. The smallest absolute Gasteiger partial charge is 0.321 e. The van der Waals surface area contributed by atoms with Crippen molar-refractivity contribution >= 4 is 35.0 Å². The number of aromatic nitrogens is 2. The minimum Gasteiger partial charge on any atom is -0.394 e. The molecule has 0 radical (unpaired) electrons. The summed E-state index contributed by atoms with van der Waals surface area (Å²) in [7, 11) is 0. The lowest BCUT2D eigenvalue weighted by atomic mass is 9.91. The molecule has 0 saturated heterocycles.